The molecule has 0 aromatic heterocycles. The van der Waals surface area contributed by atoms with Crippen molar-refractivity contribution in [2.45, 2.75) is 6.92 Å². The Balaban J connectivity index is 3.29. The van der Waals surface area contributed by atoms with Gasteiger partial charge < -0.3 is 9.80 Å². The minimum absolute atomic E-state index is 0.0495. The fraction of sp³-hybridized carbons (Fsp3) is 0.857. The summed E-state index contributed by atoms with van der Waals surface area (Å²) in [7, 11) is 6.30. The van der Waals surface area contributed by atoms with Gasteiger partial charge in [-0.1, -0.05) is 0 Å². The second-order valence-electron chi connectivity index (χ2n) is 3.50. The van der Waals surface area contributed by atoms with Crippen LogP contribution in [-0.4, -0.2) is 44.6 Å². The highest BCUT2D eigenvalue weighted by atomic mass is 16.1. The van der Waals surface area contributed by atoms with Crippen LogP contribution in [0.1, 0.15) is 6.92 Å². The molecule has 0 aliphatic carbocycles. The van der Waals surface area contributed by atoms with Crippen LogP contribution in [0.2, 0.25) is 0 Å². The summed E-state index contributed by atoms with van der Waals surface area (Å²) in [6.07, 6.45) is 0. The molecule has 0 atom stereocenters. The summed E-state index contributed by atoms with van der Waals surface area (Å²) in [6, 6.07) is 0. The quantitative estimate of drug-likeness (QED) is 0.549. The number of carbonyl (C=O) groups excluding carboxylic acids is 1. The van der Waals surface area contributed by atoms with E-state index in [0.717, 1.165) is 17.6 Å². The van der Waals surface area contributed by atoms with E-state index < -0.39 is 0 Å². The maximum absolute atomic E-state index is 10.4. The number of carbonyl (C=O) groups is 1. The number of nitrogens with one attached hydrogen (secondary N) is 1. The Morgan fingerprint density at radius 2 is 1.90 bits per heavy atom. The maximum Gasteiger partial charge on any atom is 0.217 e. The zero-order valence-corrected chi connectivity index (χ0v) is 7.27. The highest BCUT2D eigenvalue weighted by molar-refractivity contribution is 5.72. The van der Waals surface area contributed by atoms with E-state index in [-0.39, 0.29) is 5.91 Å². The van der Waals surface area contributed by atoms with Crippen molar-refractivity contribution in [2.75, 3.05) is 34.2 Å². The normalized spacial score (nSPS) is 11.2. The van der Waals surface area contributed by atoms with Gasteiger partial charge in [0, 0.05) is 6.92 Å². The molecular weight excluding hydrogens is 128 g/mol. The Hall–Kier alpha value is -0.570. The molecule has 0 fully saturated rings. The van der Waals surface area contributed by atoms with Gasteiger partial charge in [-0.3, -0.25) is 4.79 Å². The highest BCUT2D eigenvalue weighted by Crippen LogP contribution is 1.85. The van der Waals surface area contributed by atoms with Crippen molar-refractivity contribution in [3.8, 4) is 0 Å². The molecule has 60 valence electrons. The second kappa shape index (κ2) is 3.56. The van der Waals surface area contributed by atoms with Gasteiger partial charge >= 0.3 is 0 Å². The molecule has 0 aromatic rings. The predicted molar refractivity (Wildman–Crippen MR) is 41.6 cm³/mol. The van der Waals surface area contributed by atoms with Gasteiger partial charge in [-0.25, -0.2) is 0 Å². The van der Waals surface area contributed by atoms with Crippen molar-refractivity contribution in [1.29, 1.82) is 0 Å². The first-order valence-electron chi connectivity index (χ1n) is 3.47. The van der Waals surface area contributed by atoms with Crippen molar-refractivity contribution < 1.29 is 9.28 Å². The fourth-order valence-corrected chi connectivity index (χ4v) is 0.567. The average Bonchev–Trinajstić information content (AvgIpc) is 1.59. The van der Waals surface area contributed by atoms with Crippen LogP contribution in [0, 0.1) is 0 Å². The first-order valence-corrected chi connectivity index (χ1v) is 3.47. The van der Waals surface area contributed by atoms with Crippen LogP contribution >= 0.6 is 0 Å². The molecule has 1 amide bonds. The lowest BCUT2D eigenvalue weighted by molar-refractivity contribution is -0.869. The van der Waals surface area contributed by atoms with Gasteiger partial charge in [0.25, 0.3) is 0 Å². The minimum atomic E-state index is 0.0495. The third kappa shape index (κ3) is 7.43. The molecular formula is C7H17N2O+. The van der Waals surface area contributed by atoms with E-state index in [9.17, 15) is 4.79 Å². The van der Waals surface area contributed by atoms with Crippen molar-refractivity contribution in [2.24, 2.45) is 0 Å². The summed E-state index contributed by atoms with van der Waals surface area (Å²) in [4.78, 5) is 10.4. The number of quaternary nitrogens is 1. The molecule has 0 unspecified atom stereocenters. The van der Waals surface area contributed by atoms with Crippen LogP contribution in [0.4, 0.5) is 0 Å². The lowest BCUT2D eigenvalue weighted by Crippen LogP contribution is -2.41. The lowest BCUT2D eigenvalue weighted by atomic mass is 10.5. The Morgan fingerprint density at radius 3 is 2.20 bits per heavy atom. The van der Waals surface area contributed by atoms with Crippen LogP contribution in [-0.2, 0) is 4.79 Å². The van der Waals surface area contributed by atoms with Gasteiger partial charge in [0.2, 0.25) is 5.91 Å². The molecule has 3 heteroatoms. The van der Waals surface area contributed by atoms with Crippen LogP contribution < -0.4 is 5.32 Å². The number of nitrogens with zero attached hydrogens (tertiary/aromatic N) is 1. The van der Waals surface area contributed by atoms with Crippen LogP contribution in [0.25, 0.3) is 0 Å². The number of likely N-dealkylation sites (N-methyl/N-ethyl adjacent to an activating group) is 1. The van der Waals surface area contributed by atoms with Crippen LogP contribution in [0.3, 0.4) is 0 Å². The van der Waals surface area contributed by atoms with Crippen molar-refractivity contribution in [3.63, 3.8) is 0 Å². The number of hydrogen-bond donors (Lipinski definition) is 1. The molecule has 0 rings (SSSR count). The molecule has 0 bridgehead atoms. The predicted octanol–water partition coefficient (Wildman–Crippen LogP) is -0.171. The van der Waals surface area contributed by atoms with E-state index in [2.05, 4.69) is 26.5 Å². The molecule has 0 heterocycles. The largest absolute Gasteiger partial charge is 0.351 e. The molecule has 0 saturated carbocycles. The molecule has 1 N–H and O–H groups in total. The number of rotatable bonds is 3. The van der Waals surface area contributed by atoms with Gasteiger partial charge in [-0.15, -0.1) is 0 Å². The SMILES string of the molecule is CC(=O)NCC[N+](C)(C)C. The van der Waals surface area contributed by atoms with Gasteiger partial charge in [0.05, 0.1) is 34.2 Å². The van der Waals surface area contributed by atoms with Gasteiger partial charge in [0.15, 0.2) is 0 Å². The van der Waals surface area contributed by atoms with E-state index in [1.54, 1.807) is 0 Å². The molecule has 0 spiro atoms. The molecule has 0 radical (unpaired) electrons. The van der Waals surface area contributed by atoms with E-state index in [0.29, 0.717) is 0 Å². The summed E-state index contributed by atoms with van der Waals surface area (Å²) in [5.41, 5.74) is 0. The Labute approximate surface area is 62.6 Å². The average molecular weight is 145 g/mol. The number of hydrogen-bond acceptors (Lipinski definition) is 1. The Bertz CT molecular complexity index is 115. The van der Waals surface area contributed by atoms with E-state index >= 15 is 0 Å². The summed E-state index contributed by atoms with van der Waals surface area (Å²) in [6.45, 7) is 3.27. The first-order chi connectivity index (χ1) is 4.42. The fourth-order valence-electron chi connectivity index (χ4n) is 0.567. The Morgan fingerprint density at radius 1 is 1.40 bits per heavy atom. The van der Waals surface area contributed by atoms with Crippen LogP contribution in [0.5, 0.6) is 0 Å². The topological polar surface area (TPSA) is 29.1 Å². The van der Waals surface area contributed by atoms with Crippen molar-refractivity contribution in [1.82, 2.24) is 5.32 Å². The third-order valence-corrected chi connectivity index (χ3v) is 1.16. The van der Waals surface area contributed by atoms with E-state index in [4.69, 9.17) is 0 Å². The second-order valence-corrected chi connectivity index (χ2v) is 3.50. The smallest absolute Gasteiger partial charge is 0.217 e. The first kappa shape index (κ1) is 9.43. The van der Waals surface area contributed by atoms with E-state index in [1.807, 2.05) is 0 Å². The Kier molecular flexibility index (Phi) is 3.36. The molecule has 3 nitrogen and oxygen atoms in total. The summed E-state index contributed by atoms with van der Waals surface area (Å²) >= 11 is 0. The van der Waals surface area contributed by atoms with Crippen LogP contribution in [0.15, 0.2) is 0 Å². The molecule has 10 heavy (non-hydrogen) atoms. The highest BCUT2D eigenvalue weighted by Gasteiger charge is 2.05. The zero-order chi connectivity index (χ0) is 8.20. The van der Waals surface area contributed by atoms with E-state index in [1.165, 1.54) is 6.92 Å². The van der Waals surface area contributed by atoms with Crippen molar-refractivity contribution >= 4 is 5.91 Å². The van der Waals surface area contributed by atoms with Crippen molar-refractivity contribution in [3.05, 3.63) is 0 Å². The molecule has 0 aromatic carbocycles. The summed E-state index contributed by atoms with van der Waals surface area (Å²) in [5.74, 6) is 0.0495. The number of amides is 1. The summed E-state index contributed by atoms with van der Waals surface area (Å²) < 4.78 is 0.889. The molecule has 0 aliphatic rings. The molecule has 0 saturated heterocycles. The summed E-state index contributed by atoms with van der Waals surface area (Å²) in [5, 5.41) is 2.75. The van der Waals surface area contributed by atoms with Gasteiger partial charge in [-0.05, 0) is 0 Å². The molecule has 0 aliphatic heterocycles. The van der Waals surface area contributed by atoms with Gasteiger partial charge in [-0.2, -0.15) is 0 Å². The monoisotopic (exact) mass is 145 g/mol. The van der Waals surface area contributed by atoms with Gasteiger partial charge in [0.1, 0.15) is 0 Å². The maximum atomic E-state index is 10.4. The zero-order valence-electron chi connectivity index (χ0n) is 7.27. The standard InChI is InChI=1S/C7H16N2O/c1-7(10)8-5-6-9(2,3)4/h5-6H2,1-4H3/p+1. The third-order valence-electron chi connectivity index (χ3n) is 1.16. The minimum Gasteiger partial charge on any atom is -0.351 e. The lowest BCUT2D eigenvalue weighted by Gasteiger charge is -2.23.